The molecule has 1 heterocycles. The number of para-hydroxylation sites is 2. The highest BCUT2D eigenvalue weighted by Gasteiger charge is 2.21. The molecule has 0 aliphatic carbocycles. The highest BCUT2D eigenvalue weighted by atomic mass is 16.7. The van der Waals surface area contributed by atoms with Gasteiger partial charge in [-0.1, -0.05) is 48.5 Å². The first-order valence-corrected chi connectivity index (χ1v) is 7.63. The van der Waals surface area contributed by atoms with Gasteiger partial charge in [-0.05, 0) is 29.7 Å². The Kier molecular flexibility index (Phi) is 3.80. The second-order valence-electron chi connectivity index (χ2n) is 5.57. The highest BCUT2D eigenvalue weighted by molar-refractivity contribution is 6.61. The van der Waals surface area contributed by atoms with E-state index in [1.54, 1.807) is 0 Å². The molecule has 118 valence electrons. The van der Waals surface area contributed by atoms with Gasteiger partial charge in [0.2, 0.25) is 0 Å². The summed E-state index contributed by atoms with van der Waals surface area (Å²) >= 11 is 0. The maximum Gasteiger partial charge on any atom is 0.528 e. The summed E-state index contributed by atoms with van der Waals surface area (Å²) in [6.07, 6.45) is 0. The molecule has 3 aromatic carbocycles. The molecule has 0 atom stereocenters. The van der Waals surface area contributed by atoms with E-state index in [-0.39, 0.29) is 0 Å². The number of hydrogen-bond acceptors (Lipinski definition) is 4. The van der Waals surface area contributed by atoms with Gasteiger partial charge in [-0.2, -0.15) is 0 Å². The van der Waals surface area contributed by atoms with Crippen LogP contribution >= 0.6 is 0 Å². The van der Waals surface area contributed by atoms with E-state index in [0.29, 0.717) is 0 Å². The van der Waals surface area contributed by atoms with Crippen LogP contribution in [0.5, 0.6) is 0 Å². The van der Waals surface area contributed by atoms with Crippen molar-refractivity contribution in [3.8, 4) is 5.69 Å². The molecule has 0 aliphatic rings. The normalized spacial score (nSPS) is 11.2. The van der Waals surface area contributed by atoms with Gasteiger partial charge in [0.15, 0.2) is 0 Å². The molecule has 4 aromatic rings. The number of benzene rings is 3. The number of nitrogens with zero attached hydrogens (tertiary/aromatic N) is 1. The molecule has 0 aliphatic heterocycles. The second kappa shape index (κ2) is 6.11. The molecular formula is C18H16BN3O2. The highest BCUT2D eigenvalue weighted by Crippen LogP contribution is 2.31. The zero-order valence-corrected chi connectivity index (χ0v) is 12.9. The Bertz CT molecular complexity index is 997. The summed E-state index contributed by atoms with van der Waals surface area (Å²) in [4.78, 5) is 0. The van der Waals surface area contributed by atoms with Crippen LogP contribution < -0.4 is 17.3 Å². The molecule has 0 radical (unpaired) electrons. The maximum atomic E-state index is 5.26. The summed E-state index contributed by atoms with van der Waals surface area (Å²) in [6, 6.07) is 24.5. The second-order valence-corrected chi connectivity index (χ2v) is 5.57. The Morgan fingerprint density at radius 1 is 0.708 bits per heavy atom. The standard InChI is InChI=1S/C18H16BN3O2/c20-23-19(24-21)13-10-11-18-16(12-13)15-8-4-5-9-17(15)22(18)14-6-2-1-3-7-14/h1-12H,20-21H2. The van der Waals surface area contributed by atoms with Gasteiger partial charge in [0.05, 0.1) is 11.0 Å². The van der Waals surface area contributed by atoms with Crippen LogP contribution in [0.1, 0.15) is 0 Å². The third-order valence-electron chi connectivity index (χ3n) is 4.23. The van der Waals surface area contributed by atoms with Crippen molar-refractivity contribution in [2.24, 2.45) is 11.8 Å². The fourth-order valence-electron chi connectivity index (χ4n) is 3.18. The Labute approximate surface area is 139 Å². The van der Waals surface area contributed by atoms with Gasteiger partial charge in [0.1, 0.15) is 0 Å². The molecule has 0 saturated heterocycles. The predicted octanol–water partition coefficient (Wildman–Crippen LogP) is 2.26. The van der Waals surface area contributed by atoms with Gasteiger partial charge < -0.3 is 14.1 Å². The molecule has 6 heteroatoms. The molecule has 0 amide bonds. The predicted molar refractivity (Wildman–Crippen MR) is 96.7 cm³/mol. The molecule has 24 heavy (non-hydrogen) atoms. The first-order chi connectivity index (χ1) is 11.8. The van der Waals surface area contributed by atoms with Crippen molar-refractivity contribution in [3.63, 3.8) is 0 Å². The van der Waals surface area contributed by atoms with Gasteiger partial charge in [0.25, 0.3) is 0 Å². The summed E-state index contributed by atoms with van der Waals surface area (Å²) in [7, 11) is -0.798. The van der Waals surface area contributed by atoms with Crippen molar-refractivity contribution in [1.82, 2.24) is 4.57 Å². The van der Waals surface area contributed by atoms with Gasteiger partial charge in [-0.15, -0.1) is 0 Å². The van der Waals surface area contributed by atoms with Crippen LogP contribution in [0.15, 0.2) is 72.8 Å². The van der Waals surface area contributed by atoms with E-state index in [0.717, 1.165) is 33.0 Å². The van der Waals surface area contributed by atoms with Crippen LogP contribution in [0.4, 0.5) is 0 Å². The average molecular weight is 317 g/mol. The fraction of sp³-hybridized carbons (Fsp3) is 0. The summed E-state index contributed by atoms with van der Waals surface area (Å²) < 4.78 is 11.8. The molecule has 4 N–H and O–H groups in total. The maximum absolute atomic E-state index is 5.26. The summed E-state index contributed by atoms with van der Waals surface area (Å²) in [6.45, 7) is 0. The van der Waals surface area contributed by atoms with E-state index in [9.17, 15) is 0 Å². The molecule has 5 nitrogen and oxygen atoms in total. The Hall–Kier alpha value is -2.64. The topological polar surface area (TPSA) is 75.4 Å². The van der Waals surface area contributed by atoms with Crippen LogP contribution in [0.2, 0.25) is 0 Å². The van der Waals surface area contributed by atoms with E-state index in [1.165, 1.54) is 0 Å². The lowest BCUT2D eigenvalue weighted by Gasteiger charge is -2.09. The van der Waals surface area contributed by atoms with Crippen molar-refractivity contribution < 1.29 is 9.51 Å². The van der Waals surface area contributed by atoms with Crippen LogP contribution in [0.3, 0.4) is 0 Å². The number of aromatic nitrogens is 1. The van der Waals surface area contributed by atoms with E-state index >= 15 is 0 Å². The van der Waals surface area contributed by atoms with Gasteiger partial charge in [0, 0.05) is 16.5 Å². The third-order valence-corrected chi connectivity index (χ3v) is 4.23. The molecule has 4 rings (SSSR count). The van der Waals surface area contributed by atoms with Gasteiger partial charge in [-0.3, -0.25) is 0 Å². The lowest BCUT2D eigenvalue weighted by atomic mass is 9.79. The number of rotatable bonds is 4. The van der Waals surface area contributed by atoms with Crippen LogP contribution in [0.25, 0.3) is 27.5 Å². The van der Waals surface area contributed by atoms with E-state index in [4.69, 9.17) is 21.3 Å². The van der Waals surface area contributed by atoms with Crippen molar-refractivity contribution in [2.75, 3.05) is 0 Å². The zero-order valence-electron chi connectivity index (χ0n) is 12.9. The van der Waals surface area contributed by atoms with Crippen molar-refractivity contribution in [2.45, 2.75) is 0 Å². The molecule has 1 aromatic heterocycles. The Morgan fingerprint density at radius 2 is 1.38 bits per heavy atom. The van der Waals surface area contributed by atoms with Crippen LogP contribution in [0, 0.1) is 0 Å². The summed E-state index contributed by atoms with van der Waals surface area (Å²) in [5.74, 6) is 10.5. The summed E-state index contributed by atoms with van der Waals surface area (Å²) in [5.41, 5.74) is 4.11. The summed E-state index contributed by atoms with van der Waals surface area (Å²) in [5, 5.41) is 2.23. The number of nitrogens with two attached hydrogens (primary N) is 2. The van der Waals surface area contributed by atoms with E-state index in [1.807, 2.05) is 48.5 Å². The Morgan fingerprint density at radius 3 is 2.12 bits per heavy atom. The van der Waals surface area contributed by atoms with Crippen molar-refractivity contribution in [1.29, 1.82) is 0 Å². The quantitative estimate of drug-likeness (QED) is 0.447. The van der Waals surface area contributed by atoms with Gasteiger partial charge >= 0.3 is 7.12 Å². The molecule has 0 saturated carbocycles. The van der Waals surface area contributed by atoms with Crippen molar-refractivity contribution >= 4 is 34.4 Å². The SMILES string of the molecule is NOB(ON)c1ccc2c(c1)c1ccccc1n2-c1ccccc1. The van der Waals surface area contributed by atoms with E-state index < -0.39 is 7.12 Å². The molecular weight excluding hydrogens is 301 g/mol. The van der Waals surface area contributed by atoms with Crippen molar-refractivity contribution in [3.05, 3.63) is 72.8 Å². The Balaban J connectivity index is 2.05. The molecule has 0 fully saturated rings. The minimum atomic E-state index is -0.798. The smallest absolute Gasteiger partial charge is 0.324 e. The number of hydrogen-bond donors (Lipinski definition) is 2. The fourth-order valence-corrected chi connectivity index (χ4v) is 3.18. The van der Waals surface area contributed by atoms with E-state index in [2.05, 4.69) is 28.8 Å². The third kappa shape index (κ3) is 2.29. The molecule has 0 bridgehead atoms. The first-order valence-electron chi connectivity index (χ1n) is 7.63. The largest absolute Gasteiger partial charge is 0.528 e. The molecule has 0 unspecified atom stereocenters. The van der Waals surface area contributed by atoms with Crippen LogP contribution in [-0.4, -0.2) is 11.7 Å². The monoisotopic (exact) mass is 317 g/mol. The van der Waals surface area contributed by atoms with Gasteiger partial charge in [-0.25, -0.2) is 11.8 Å². The first kappa shape index (κ1) is 14.9. The molecule has 0 spiro atoms. The van der Waals surface area contributed by atoms with Crippen LogP contribution in [-0.2, 0) is 9.51 Å². The minimum absolute atomic E-state index is 0.767. The number of fused-ring (bicyclic) bond motifs is 3. The zero-order chi connectivity index (χ0) is 16.5. The average Bonchev–Trinajstić information content (AvgIpc) is 2.97. The minimum Gasteiger partial charge on any atom is -0.324 e. The lowest BCUT2D eigenvalue weighted by Crippen LogP contribution is -2.41. The lowest BCUT2D eigenvalue weighted by molar-refractivity contribution is 0.216.